The Morgan fingerprint density at radius 1 is 0.960 bits per heavy atom. The molecule has 1 aromatic carbocycles. The lowest BCUT2D eigenvalue weighted by molar-refractivity contribution is 0.00578. The second kappa shape index (κ2) is 7.27. The predicted octanol–water partition coefficient (Wildman–Crippen LogP) is 1.49. The molecule has 2 heterocycles. The van der Waals surface area contributed by atoms with Gasteiger partial charge in [-0.05, 0) is 51.7 Å². The maximum absolute atomic E-state index is 8.95. The van der Waals surface area contributed by atoms with Crippen LogP contribution in [0.5, 0.6) is 0 Å². The summed E-state index contributed by atoms with van der Waals surface area (Å²) >= 11 is 0. The summed E-state index contributed by atoms with van der Waals surface area (Å²) in [5.74, 6) is 0. The third-order valence-electron chi connectivity index (χ3n) is 5.79. The van der Waals surface area contributed by atoms with E-state index in [9.17, 15) is 0 Å². The normalized spacial score (nSPS) is 23.2. The number of anilines is 1. The first-order chi connectivity index (χ1) is 11.8. The molecule has 3 rings (SSSR count). The van der Waals surface area contributed by atoms with E-state index in [1.807, 2.05) is 0 Å². The van der Waals surface area contributed by atoms with Crippen molar-refractivity contribution in [2.24, 2.45) is 0 Å². The molecule has 0 spiro atoms. The molecule has 0 saturated carbocycles. The number of benzene rings is 1. The number of hydrogen-bond donors (Lipinski definition) is 1. The first-order valence-corrected chi connectivity index (χ1v) is 9.36. The second-order valence-corrected chi connectivity index (χ2v) is 8.09. The van der Waals surface area contributed by atoms with Crippen molar-refractivity contribution in [3.63, 3.8) is 0 Å². The summed E-state index contributed by atoms with van der Waals surface area (Å²) in [7, 11) is -0.297. The maximum atomic E-state index is 8.95. The highest BCUT2D eigenvalue weighted by molar-refractivity contribution is 6.62. The summed E-state index contributed by atoms with van der Waals surface area (Å²) in [6, 6.07) is 8.58. The Morgan fingerprint density at radius 3 is 2.04 bits per heavy atom. The Morgan fingerprint density at radius 2 is 1.52 bits per heavy atom. The van der Waals surface area contributed by atoms with Gasteiger partial charge in [-0.25, -0.2) is 0 Å². The van der Waals surface area contributed by atoms with Crippen LogP contribution < -0.4 is 10.4 Å². The zero-order valence-electron chi connectivity index (χ0n) is 16.0. The van der Waals surface area contributed by atoms with Crippen molar-refractivity contribution in [1.82, 2.24) is 4.90 Å². The van der Waals surface area contributed by atoms with Crippen LogP contribution in [0.4, 0.5) is 5.69 Å². The van der Waals surface area contributed by atoms with Gasteiger partial charge in [0.15, 0.2) is 0 Å². The van der Waals surface area contributed by atoms with Gasteiger partial charge in [-0.3, -0.25) is 4.90 Å². The van der Waals surface area contributed by atoms with Crippen molar-refractivity contribution in [3.8, 4) is 0 Å². The Bertz CT molecular complexity index is 553. The summed E-state index contributed by atoms with van der Waals surface area (Å²) in [5.41, 5.74) is 1.72. The maximum Gasteiger partial charge on any atom is 0.494 e. The molecule has 0 unspecified atom stereocenters. The lowest BCUT2D eigenvalue weighted by atomic mass is 9.79. The van der Waals surface area contributed by atoms with Crippen LogP contribution in [0.2, 0.25) is 0 Å². The Labute approximate surface area is 152 Å². The summed E-state index contributed by atoms with van der Waals surface area (Å²) in [6.45, 7) is 13.8. The minimum Gasteiger partial charge on any atom is -0.399 e. The zero-order valence-corrected chi connectivity index (χ0v) is 16.0. The van der Waals surface area contributed by atoms with Gasteiger partial charge in [0.25, 0.3) is 0 Å². The molecule has 2 saturated heterocycles. The fraction of sp³-hybridized carbons (Fsp3) is 0.684. The van der Waals surface area contributed by atoms with Gasteiger partial charge in [0.1, 0.15) is 0 Å². The van der Waals surface area contributed by atoms with Crippen molar-refractivity contribution < 1.29 is 14.4 Å². The standard InChI is InChI=1S/C19H31BN2O3/c1-18(2)19(3,4)25-20(24-18)16-6-8-17(9-7-16)22-13-11-21(12-14-22)10-5-15-23/h6-9,23H,5,10-15H2,1-4H3. The molecular formula is C19H31BN2O3. The summed E-state index contributed by atoms with van der Waals surface area (Å²) in [4.78, 5) is 4.84. The van der Waals surface area contributed by atoms with E-state index in [1.54, 1.807) is 0 Å². The molecule has 0 aromatic heterocycles. The Hall–Kier alpha value is -1.08. The summed E-state index contributed by atoms with van der Waals surface area (Å²) < 4.78 is 12.2. The minimum absolute atomic E-state index is 0.278. The Balaban J connectivity index is 1.59. The highest BCUT2D eigenvalue weighted by atomic mass is 16.7. The summed E-state index contributed by atoms with van der Waals surface area (Å²) in [5, 5.41) is 8.95. The van der Waals surface area contributed by atoms with Crippen LogP contribution in [-0.2, 0) is 9.31 Å². The zero-order chi connectivity index (χ0) is 18.1. The van der Waals surface area contributed by atoms with E-state index >= 15 is 0 Å². The van der Waals surface area contributed by atoms with Crippen molar-refractivity contribution in [1.29, 1.82) is 0 Å². The van der Waals surface area contributed by atoms with Crippen LogP contribution in [0.3, 0.4) is 0 Å². The average molecular weight is 346 g/mol. The van der Waals surface area contributed by atoms with E-state index in [1.165, 1.54) is 5.69 Å². The number of aliphatic hydroxyl groups is 1. The molecule has 6 heteroatoms. The van der Waals surface area contributed by atoms with Crippen molar-refractivity contribution in [2.75, 3.05) is 44.2 Å². The average Bonchev–Trinajstić information content (AvgIpc) is 2.81. The second-order valence-electron chi connectivity index (χ2n) is 8.09. The highest BCUT2D eigenvalue weighted by Gasteiger charge is 2.51. The molecule has 5 nitrogen and oxygen atoms in total. The lowest BCUT2D eigenvalue weighted by Gasteiger charge is -2.36. The van der Waals surface area contributed by atoms with Crippen LogP contribution >= 0.6 is 0 Å². The smallest absolute Gasteiger partial charge is 0.399 e. The van der Waals surface area contributed by atoms with Crippen molar-refractivity contribution in [2.45, 2.75) is 45.3 Å². The van der Waals surface area contributed by atoms with Gasteiger partial charge in [-0.2, -0.15) is 0 Å². The topological polar surface area (TPSA) is 45.2 Å². The number of piperazine rings is 1. The van der Waals surface area contributed by atoms with Crippen LogP contribution in [0, 0.1) is 0 Å². The van der Waals surface area contributed by atoms with Crippen LogP contribution in [0.15, 0.2) is 24.3 Å². The quantitative estimate of drug-likeness (QED) is 0.819. The van der Waals surface area contributed by atoms with Crippen LogP contribution in [0.25, 0.3) is 0 Å². The molecule has 0 bridgehead atoms. The third-order valence-corrected chi connectivity index (χ3v) is 5.79. The minimum atomic E-state index is -0.304. The molecule has 25 heavy (non-hydrogen) atoms. The predicted molar refractivity (Wildman–Crippen MR) is 103 cm³/mol. The first kappa shape index (κ1) is 18.7. The fourth-order valence-electron chi connectivity index (χ4n) is 3.35. The number of rotatable bonds is 5. The van der Waals surface area contributed by atoms with Crippen molar-refractivity contribution >= 4 is 18.3 Å². The van der Waals surface area contributed by atoms with E-state index in [2.05, 4.69) is 61.8 Å². The van der Waals surface area contributed by atoms with Gasteiger partial charge in [0, 0.05) is 45.0 Å². The van der Waals surface area contributed by atoms with E-state index in [-0.39, 0.29) is 24.9 Å². The number of hydrogen-bond acceptors (Lipinski definition) is 5. The number of aliphatic hydroxyl groups excluding tert-OH is 1. The monoisotopic (exact) mass is 346 g/mol. The van der Waals surface area contributed by atoms with Gasteiger partial charge in [0.05, 0.1) is 11.2 Å². The first-order valence-electron chi connectivity index (χ1n) is 9.36. The molecule has 0 amide bonds. The van der Waals surface area contributed by atoms with Crippen LogP contribution in [0.1, 0.15) is 34.1 Å². The highest BCUT2D eigenvalue weighted by Crippen LogP contribution is 2.36. The molecule has 1 aromatic rings. The van der Waals surface area contributed by atoms with Gasteiger partial charge in [-0.15, -0.1) is 0 Å². The van der Waals surface area contributed by atoms with Crippen LogP contribution in [-0.4, -0.2) is 67.7 Å². The van der Waals surface area contributed by atoms with Gasteiger partial charge < -0.3 is 19.3 Å². The SMILES string of the molecule is CC1(C)OB(c2ccc(N3CCN(CCCO)CC3)cc2)OC1(C)C. The summed E-state index contributed by atoms with van der Waals surface area (Å²) in [6.07, 6.45) is 0.864. The van der Waals surface area contributed by atoms with E-state index in [4.69, 9.17) is 14.4 Å². The number of nitrogens with zero attached hydrogens (tertiary/aromatic N) is 2. The molecule has 2 aliphatic rings. The van der Waals surface area contributed by atoms with E-state index < -0.39 is 0 Å². The molecule has 0 atom stereocenters. The molecule has 0 aliphatic carbocycles. The molecule has 2 aliphatic heterocycles. The molecule has 1 N–H and O–H groups in total. The van der Waals surface area contributed by atoms with Gasteiger partial charge in [-0.1, -0.05) is 12.1 Å². The Kier molecular flexibility index (Phi) is 5.44. The third kappa shape index (κ3) is 4.03. The van der Waals surface area contributed by atoms with Crippen molar-refractivity contribution in [3.05, 3.63) is 24.3 Å². The van der Waals surface area contributed by atoms with E-state index in [0.29, 0.717) is 0 Å². The van der Waals surface area contributed by atoms with Gasteiger partial charge in [0.2, 0.25) is 0 Å². The lowest BCUT2D eigenvalue weighted by Crippen LogP contribution is -2.46. The molecule has 138 valence electrons. The molecule has 2 fully saturated rings. The molecule has 0 radical (unpaired) electrons. The van der Waals surface area contributed by atoms with E-state index in [0.717, 1.165) is 44.6 Å². The van der Waals surface area contributed by atoms with Gasteiger partial charge >= 0.3 is 7.12 Å². The largest absolute Gasteiger partial charge is 0.494 e. The molecular weight excluding hydrogens is 315 g/mol. The fourth-order valence-corrected chi connectivity index (χ4v) is 3.35.